The van der Waals surface area contributed by atoms with Gasteiger partial charge in [0.25, 0.3) is 0 Å². The van der Waals surface area contributed by atoms with Crippen molar-refractivity contribution in [3.63, 3.8) is 0 Å². The minimum absolute atomic E-state index is 0.0179. The van der Waals surface area contributed by atoms with Gasteiger partial charge < -0.3 is 13.6 Å². The van der Waals surface area contributed by atoms with Crippen LogP contribution in [-0.2, 0) is 16.1 Å². The lowest BCUT2D eigenvalue weighted by atomic mass is 10.1. The Kier molecular flexibility index (Phi) is 2.94. The summed E-state index contributed by atoms with van der Waals surface area (Å²) in [6.45, 7) is 1.31. The van der Waals surface area contributed by atoms with Gasteiger partial charge in [-0.1, -0.05) is 18.2 Å². The Morgan fingerprint density at radius 3 is 2.70 bits per heavy atom. The topological polar surface area (TPSA) is 69.7 Å². The van der Waals surface area contributed by atoms with Crippen LogP contribution in [0.3, 0.4) is 0 Å². The molecule has 0 spiro atoms. The van der Waals surface area contributed by atoms with E-state index in [1.807, 2.05) is 30.3 Å². The van der Waals surface area contributed by atoms with Gasteiger partial charge in [0.2, 0.25) is 0 Å². The third-order valence-corrected chi connectivity index (χ3v) is 3.77. The van der Waals surface area contributed by atoms with Crippen LogP contribution in [0, 0.1) is 0 Å². The fourth-order valence-electron chi connectivity index (χ4n) is 2.77. The second kappa shape index (κ2) is 4.98. The summed E-state index contributed by atoms with van der Waals surface area (Å²) in [5.41, 5.74) is 1.77. The molecule has 2 heterocycles. The van der Waals surface area contributed by atoms with E-state index in [1.54, 1.807) is 6.07 Å². The molecule has 4 rings (SSSR count). The van der Waals surface area contributed by atoms with Crippen LogP contribution in [0.1, 0.15) is 12.5 Å². The molecule has 5 nitrogen and oxygen atoms in total. The zero-order valence-corrected chi connectivity index (χ0v) is 12.3. The Morgan fingerprint density at radius 2 is 1.87 bits per heavy atom. The van der Waals surface area contributed by atoms with Crippen LogP contribution in [0.4, 0.5) is 0 Å². The van der Waals surface area contributed by atoms with E-state index >= 15 is 0 Å². The van der Waals surface area contributed by atoms with E-state index in [4.69, 9.17) is 13.6 Å². The predicted octanol–water partition coefficient (Wildman–Crippen LogP) is 3.76. The maximum atomic E-state index is 11.6. The number of esters is 1. The van der Waals surface area contributed by atoms with E-state index < -0.39 is 11.6 Å². The number of para-hydroxylation sites is 1. The van der Waals surface area contributed by atoms with Gasteiger partial charge in [0.05, 0.1) is 5.56 Å². The predicted molar refractivity (Wildman–Crippen MR) is 85.2 cm³/mol. The van der Waals surface area contributed by atoms with Crippen LogP contribution >= 0.6 is 0 Å². The molecule has 114 valence electrons. The average molecular weight is 308 g/mol. The van der Waals surface area contributed by atoms with Crippen molar-refractivity contribution >= 4 is 38.9 Å². The average Bonchev–Trinajstić information content (AvgIpc) is 2.90. The summed E-state index contributed by atoms with van der Waals surface area (Å²) in [5, 5.41) is 2.61. The second-order valence-corrected chi connectivity index (χ2v) is 5.28. The maximum absolute atomic E-state index is 11.6. The number of furan rings is 1. The van der Waals surface area contributed by atoms with E-state index in [-0.39, 0.29) is 6.61 Å². The van der Waals surface area contributed by atoms with E-state index in [2.05, 4.69) is 0 Å². The van der Waals surface area contributed by atoms with E-state index in [1.165, 1.54) is 13.0 Å². The SMILES string of the molecule is CC(=O)OCc1c2oc(=O)ccc2cc2c1oc1ccccc12. The van der Waals surface area contributed by atoms with Gasteiger partial charge in [0.15, 0.2) is 0 Å². The first-order chi connectivity index (χ1) is 11.1. The molecule has 0 bridgehead atoms. The van der Waals surface area contributed by atoms with Gasteiger partial charge in [-0.2, -0.15) is 0 Å². The Balaban J connectivity index is 2.14. The summed E-state index contributed by atoms with van der Waals surface area (Å²) in [4.78, 5) is 22.8. The summed E-state index contributed by atoms with van der Waals surface area (Å²) < 4.78 is 16.4. The van der Waals surface area contributed by atoms with Crippen molar-refractivity contribution in [2.75, 3.05) is 0 Å². The molecular formula is C18H12O5. The molecule has 2 aromatic carbocycles. The lowest BCUT2D eigenvalue weighted by Gasteiger charge is -2.06. The van der Waals surface area contributed by atoms with Crippen LogP contribution in [0.2, 0.25) is 0 Å². The largest absolute Gasteiger partial charge is 0.461 e. The number of ether oxygens (including phenoxy) is 1. The second-order valence-electron chi connectivity index (χ2n) is 5.28. The Morgan fingerprint density at radius 1 is 1.04 bits per heavy atom. The number of rotatable bonds is 2. The number of benzene rings is 2. The Bertz CT molecular complexity index is 1120. The lowest BCUT2D eigenvalue weighted by molar-refractivity contribution is -0.142. The molecule has 0 radical (unpaired) electrons. The van der Waals surface area contributed by atoms with Crippen LogP contribution in [0.15, 0.2) is 56.1 Å². The standard InChI is InChI=1S/C18H12O5/c1-10(19)21-9-14-17-11(6-7-16(20)23-17)8-13-12-4-2-3-5-15(12)22-18(13)14/h2-8H,9H2,1H3. The fraction of sp³-hybridized carbons (Fsp3) is 0.111. The summed E-state index contributed by atoms with van der Waals surface area (Å²) in [5.74, 6) is -0.412. The number of hydrogen-bond acceptors (Lipinski definition) is 5. The Hall–Kier alpha value is -3.08. The molecule has 0 aliphatic carbocycles. The zero-order chi connectivity index (χ0) is 16.0. The molecule has 0 N–H and O–H groups in total. The van der Waals surface area contributed by atoms with Crippen molar-refractivity contribution in [2.45, 2.75) is 13.5 Å². The molecule has 4 aromatic rings. The molecule has 2 aromatic heterocycles. The van der Waals surface area contributed by atoms with Crippen molar-refractivity contribution in [1.29, 1.82) is 0 Å². The number of hydrogen-bond donors (Lipinski definition) is 0. The molecule has 0 unspecified atom stereocenters. The molecular weight excluding hydrogens is 296 g/mol. The first-order valence-corrected chi connectivity index (χ1v) is 7.14. The number of carbonyl (C=O) groups excluding carboxylic acids is 1. The highest BCUT2D eigenvalue weighted by Crippen LogP contribution is 2.35. The summed E-state index contributed by atoms with van der Waals surface area (Å²) in [6.07, 6.45) is 0. The molecule has 0 fully saturated rings. The number of fused-ring (bicyclic) bond motifs is 4. The van der Waals surface area contributed by atoms with Crippen molar-refractivity contribution in [3.8, 4) is 0 Å². The van der Waals surface area contributed by atoms with Gasteiger partial charge in [-0.3, -0.25) is 4.79 Å². The molecule has 0 saturated heterocycles. The van der Waals surface area contributed by atoms with Crippen LogP contribution in [-0.4, -0.2) is 5.97 Å². The van der Waals surface area contributed by atoms with Crippen LogP contribution in [0.25, 0.3) is 32.9 Å². The summed E-state index contributed by atoms with van der Waals surface area (Å²) >= 11 is 0. The molecule has 0 amide bonds. The van der Waals surface area contributed by atoms with Crippen molar-refractivity contribution in [2.24, 2.45) is 0 Å². The van der Waals surface area contributed by atoms with Gasteiger partial charge in [-0.15, -0.1) is 0 Å². The van der Waals surface area contributed by atoms with E-state index in [0.29, 0.717) is 16.7 Å². The normalized spacial score (nSPS) is 11.3. The molecule has 23 heavy (non-hydrogen) atoms. The minimum atomic E-state index is -0.461. The molecule has 0 aliphatic rings. The van der Waals surface area contributed by atoms with E-state index in [0.717, 1.165) is 21.7 Å². The molecule has 0 saturated carbocycles. The Labute approximate surface area is 130 Å². The van der Waals surface area contributed by atoms with Crippen LogP contribution in [0.5, 0.6) is 0 Å². The minimum Gasteiger partial charge on any atom is -0.461 e. The highest BCUT2D eigenvalue weighted by atomic mass is 16.5. The zero-order valence-electron chi connectivity index (χ0n) is 12.3. The molecule has 0 aliphatic heterocycles. The van der Waals surface area contributed by atoms with Gasteiger partial charge in [0, 0.05) is 29.1 Å². The van der Waals surface area contributed by atoms with Gasteiger partial charge in [0.1, 0.15) is 23.4 Å². The van der Waals surface area contributed by atoms with Gasteiger partial charge in [-0.25, -0.2) is 4.79 Å². The van der Waals surface area contributed by atoms with Crippen LogP contribution < -0.4 is 5.63 Å². The first kappa shape index (κ1) is 13.6. The fourth-order valence-corrected chi connectivity index (χ4v) is 2.77. The van der Waals surface area contributed by atoms with Crippen molar-refractivity contribution in [3.05, 3.63) is 58.4 Å². The molecule has 0 atom stereocenters. The lowest BCUT2D eigenvalue weighted by Crippen LogP contribution is -2.02. The quantitative estimate of drug-likeness (QED) is 0.416. The summed E-state index contributed by atoms with van der Waals surface area (Å²) in [6, 6.07) is 12.6. The molecule has 5 heteroatoms. The highest BCUT2D eigenvalue weighted by molar-refractivity contribution is 6.11. The van der Waals surface area contributed by atoms with Gasteiger partial charge >= 0.3 is 11.6 Å². The van der Waals surface area contributed by atoms with E-state index in [9.17, 15) is 9.59 Å². The smallest absolute Gasteiger partial charge is 0.336 e. The highest BCUT2D eigenvalue weighted by Gasteiger charge is 2.17. The maximum Gasteiger partial charge on any atom is 0.336 e. The summed E-state index contributed by atoms with van der Waals surface area (Å²) in [7, 11) is 0. The van der Waals surface area contributed by atoms with Crippen molar-refractivity contribution < 1.29 is 18.4 Å². The van der Waals surface area contributed by atoms with Gasteiger partial charge in [-0.05, 0) is 18.2 Å². The third kappa shape index (κ3) is 2.17. The monoisotopic (exact) mass is 308 g/mol. The van der Waals surface area contributed by atoms with Crippen molar-refractivity contribution in [1.82, 2.24) is 0 Å². The number of carbonyl (C=O) groups is 1. The third-order valence-electron chi connectivity index (χ3n) is 3.77. The first-order valence-electron chi connectivity index (χ1n) is 7.14.